The molecule has 0 saturated carbocycles. The standard InChI is InChI=1S/C17H17ClN2O3S/c1-10-8-14(12(3)24-10)11(2)19-17(21)7-5-13-4-6-15(18)16(9-13)20(22)23/h4-9,11H,1-3H3,(H,19,21). The molecule has 0 radical (unpaired) electrons. The fourth-order valence-electron chi connectivity index (χ4n) is 2.36. The van der Waals surface area contributed by atoms with E-state index in [2.05, 4.69) is 11.4 Å². The summed E-state index contributed by atoms with van der Waals surface area (Å²) in [6.07, 6.45) is 2.88. The number of benzene rings is 1. The number of aryl methyl sites for hydroxylation is 2. The van der Waals surface area contributed by atoms with Crippen molar-refractivity contribution in [3.8, 4) is 0 Å². The first kappa shape index (κ1) is 18.2. The first-order chi connectivity index (χ1) is 11.3. The maximum atomic E-state index is 12.0. The van der Waals surface area contributed by atoms with Crippen LogP contribution >= 0.6 is 22.9 Å². The summed E-state index contributed by atoms with van der Waals surface area (Å²) in [7, 11) is 0. The molecule has 0 aliphatic carbocycles. The van der Waals surface area contributed by atoms with E-state index in [9.17, 15) is 14.9 Å². The van der Waals surface area contributed by atoms with Crippen molar-refractivity contribution in [1.82, 2.24) is 5.32 Å². The Labute approximate surface area is 149 Å². The predicted octanol–water partition coefficient (Wildman–Crippen LogP) is 4.82. The molecule has 1 N–H and O–H groups in total. The fraction of sp³-hybridized carbons (Fsp3) is 0.235. The quantitative estimate of drug-likeness (QED) is 0.469. The van der Waals surface area contributed by atoms with E-state index in [0.29, 0.717) is 5.56 Å². The number of halogens is 1. The first-order valence-corrected chi connectivity index (χ1v) is 8.47. The number of carbonyl (C=O) groups excluding carboxylic acids is 1. The number of amides is 1. The van der Waals surface area contributed by atoms with Crippen molar-refractivity contribution in [3.63, 3.8) is 0 Å². The van der Waals surface area contributed by atoms with Gasteiger partial charge in [-0.05, 0) is 50.1 Å². The summed E-state index contributed by atoms with van der Waals surface area (Å²) in [5.41, 5.74) is 1.45. The number of thiophene rings is 1. The van der Waals surface area contributed by atoms with Gasteiger partial charge in [0, 0.05) is 21.9 Å². The highest BCUT2D eigenvalue weighted by Crippen LogP contribution is 2.27. The summed E-state index contributed by atoms with van der Waals surface area (Å²) in [4.78, 5) is 24.7. The van der Waals surface area contributed by atoms with E-state index in [-0.39, 0.29) is 22.7 Å². The van der Waals surface area contributed by atoms with Gasteiger partial charge in [0.2, 0.25) is 5.91 Å². The molecule has 0 fully saturated rings. The van der Waals surface area contributed by atoms with E-state index in [0.717, 1.165) is 5.56 Å². The molecule has 0 aliphatic rings. The van der Waals surface area contributed by atoms with E-state index in [4.69, 9.17) is 11.6 Å². The van der Waals surface area contributed by atoms with Crippen LogP contribution in [0.5, 0.6) is 0 Å². The summed E-state index contributed by atoms with van der Waals surface area (Å²) in [6, 6.07) is 6.36. The number of hydrogen-bond acceptors (Lipinski definition) is 4. The van der Waals surface area contributed by atoms with Gasteiger partial charge < -0.3 is 5.32 Å². The average molecular weight is 365 g/mol. The largest absolute Gasteiger partial charge is 0.346 e. The molecule has 1 aromatic carbocycles. The molecule has 0 spiro atoms. The van der Waals surface area contributed by atoms with Crippen molar-refractivity contribution >= 4 is 40.6 Å². The van der Waals surface area contributed by atoms with Crippen molar-refractivity contribution < 1.29 is 9.72 Å². The van der Waals surface area contributed by atoms with Crippen LogP contribution in [0.15, 0.2) is 30.3 Å². The number of hydrogen-bond donors (Lipinski definition) is 1. The predicted molar refractivity (Wildman–Crippen MR) is 97.5 cm³/mol. The molecule has 1 atom stereocenters. The Kier molecular flexibility index (Phi) is 5.75. The van der Waals surface area contributed by atoms with Crippen LogP contribution in [0.2, 0.25) is 5.02 Å². The van der Waals surface area contributed by atoms with Crippen LogP contribution in [0.25, 0.3) is 6.08 Å². The van der Waals surface area contributed by atoms with E-state index < -0.39 is 4.92 Å². The monoisotopic (exact) mass is 364 g/mol. The van der Waals surface area contributed by atoms with Crippen LogP contribution < -0.4 is 5.32 Å². The van der Waals surface area contributed by atoms with E-state index in [1.165, 1.54) is 34.0 Å². The Morgan fingerprint density at radius 2 is 2.08 bits per heavy atom. The van der Waals surface area contributed by atoms with E-state index >= 15 is 0 Å². The van der Waals surface area contributed by atoms with Crippen molar-refractivity contribution in [1.29, 1.82) is 0 Å². The van der Waals surface area contributed by atoms with Crippen LogP contribution in [0.3, 0.4) is 0 Å². The molecule has 126 valence electrons. The highest BCUT2D eigenvalue weighted by atomic mass is 35.5. The molecular weight excluding hydrogens is 348 g/mol. The van der Waals surface area contributed by atoms with Crippen LogP contribution in [-0.4, -0.2) is 10.8 Å². The Balaban J connectivity index is 2.06. The molecule has 5 nitrogen and oxygen atoms in total. The zero-order valence-electron chi connectivity index (χ0n) is 13.5. The Hall–Kier alpha value is -2.18. The summed E-state index contributed by atoms with van der Waals surface area (Å²) >= 11 is 7.46. The zero-order valence-corrected chi connectivity index (χ0v) is 15.1. The number of nitro groups is 1. The van der Waals surface area contributed by atoms with Crippen LogP contribution in [-0.2, 0) is 4.79 Å². The minimum Gasteiger partial charge on any atom is -0.346 e. The van der Waals surface area contributed by atoms with Crippen molar-refractivity contribution in [2.75, 3.05) is 0 Å². The molecule has 24 heavy (non-hydrogen) atoms. The lowest BCUT2D eigenvalue weighted by Crippen LogP contribution is -2.24. The third-order valence-corrected chi connectivity index (χ3v) is 4.80. The molecule has 2 rings (SSSR count). The Bertz CT molecular complexity index is 814. The van der Waals surface area contributed by atoms with Crippen molar-refractivity contribution in [2.45, 2.75) is 26.8 Å². The lowest BCUT2D eigenvalue weighted by Gasteiger charge is -2.12. The van der Waals surface area contributed by atoms with Crippen LogP contribution in [0.4, 0.5) is 5.69 Å². The zero-order chi connectivity index (χ0) is 17.9. The number of nitro benzene ring substituents is 1. The third-order valence-electron chi connectivity index (χ3n) is 3.50. The van der Waals surface area contributed by atoms with Gasteiger partial charge in [0.25, 0.3) is 5.69 Å². The van der Waals surface area contributed by atoms with Crippen molar-refractivity contribution in [2.24, 2.45) is 0 Å². The molecule has 1 unspecified atom stereocenters. The molecule has 7 heteroatoms. The van der Waals surface area contributed by atoms with Crippen LogP contribution in [0.1, 0.15) is 33.8 Å². The van der Waals surface area contributed by atoms with Gasteiger partial charge >= 0.3 is 0 Å². The molecule has 1 heterocycles. The first-order valence-electron chi connectivity index (χ1n) is 7.27. The molecule has 1 amide bonds. The average Bonchev–Trinajstić information content (AvgIpc) is 2.85. The van der Waals surface area contributed by atoms with Crippen molar-refractivity contribution in [3.05, 3.63) is 66.4 Å². The summed E-state index contributed by atoms with van der Waals surface area (Å²) in [5.74, 6) is -0.261. The van der Waals surface area contributed by atoms with Gasteiger partial charge in [0.1, 0.15) is 5.02 Å². The minimum atomic E-state index is -0.552. The van der Waals surface area contributed by atoms with Gasteiger partial charge in [-0.1, -0.05) is 17.7 Å². The van der Waals surface area contributed by atoms with E-state index in [1.54, 1.807) is 17.4 Å². The normalized spacial score (nSPS) is 12.3. The molecule has 1 aromatic heterocycles. The lowest BCUT2D eigenvalue weighted by atomic mass is 10.1. The summed E-state index contributed by atoms with van der Waals surface area (Å²) < 4.78 is 0. The molecule has 0 bridgehead atoms. The number of carbonyl (C=O) groups is 1. The molecular formula is C17H17ClN2O3S. The Morgan fingerprint density at radius 1 is 1.38 bits per heavy atom. The van der Waals surface area contributed by atoms with Gasteiger partial charge in [0.05, 0.1) is 11.0 Å². The second-order valence-corrected chi connectivity index (χ2v) is 7.27. The summed E-state index contributed by atoms with van der Waals surface area (Å²) in [5, 5.41) is 13.8. The second-order valence-electron chi connectivity index (χ2n) is 5.40. The summed E-state index contributed by atoms with van der Waals surface area (Å²) in [6.45, 7) is 5.98. The third kappa shape index (κ3) is 4.43. The Morgan fingerprint density at radius 3 is 2.67 bits per heavy atom. The van der Waals surface area contributed by atoms with E-state index in [1.807, 2.05) is 20.8 Å². The molecule has 0 saturated heterocycles. The number of nitrogens with one attached hydrogen (secondary N) is 1. The lowest BCUT2D eigenvalue weighted by molar-refractivity contribution is -0.384. The highest BCUT2D eigenvalue weighted by Gasteiger charge is 2.13. The smallest absolute Gasteiger partial charge is 0.288 e. The van der Waals surface area contributed by atoms with Gasteiger partial charge in [-0.25, -0.2) is 0 Å². The SMILES string of the molecule is Cc1cc(C(C)NC(=O)C=Cc2ccc(Cl)c([N+](=O)[O-])c2)c(C)s1. The minimum absolute atomic E-state index is 0.0681. The number of nitrogens with zero attached hydrogens (tertiary/aromatic N) is 1. The topological polar surface area (TPSA) is 72.2 Å². The maximum Gasteiger partial charge on any atom is 0.288 e. The van der Waals surface area contributed by atoms with Gasteiger partial charge in [-0.2, -0.15) is 0 Å². The van der Waals surface area contributed by atoms with Gasteiger partial charge in [0.15, 0.2) is 0 Å². The van der Waals surface area contributed by atoms with Gasteiger partial charge in [-0.3, -0.25) is 14.9 Å². The molecule has 2 aromatic rings. The van der Waals surface area contributed by atoms with Gasteiger partial charge in [-0.15, -0.1) is 11.3 Å². The maximum absolute atomic E-state index is 12.0. The molecule has 0 aliphatic heterocycles. The second kappa shape index (κ2) is 7.59. The number of rotatable bonds is 5. The highest BCUT2D eigenvalue weighted by molar-refractivity contribution is 7.12. The fourth-order valence-corrected chi connectivity index (χ4v) is 3.57. The van der Waals surface area contributed by atoms with Crippen LogP contribution in [0, 0.1) is 24.0 Å².